The molecule has 1 N–H and O–H groups in total. The topological polar surface area (TPSA) is 50.8 Å². The van der Waals surface area contributed by atoms with E-state index in [1.54, 1.807) is 4.90 Å². The molecule has 3 rings (SSSR count). The lowest BCUT2D eigenvalue weighted by Gasteiger charge is -2.48. The van der Waals surface area contributed by atoms with Gasteiger partial charge in [0, 0.05) is 18.7 Å². The van der Waals surface area contributed by atoms with Gasteiger partial charge in [-0.25, -0.2) is 4.79 Å². The second-order valence-electron chi connectivity index (χ2n) is 6.83. The molecular weight excluding hydrogens is 268 g/mol. The number of fused-ring (bicyclic) bond motifs is 1. The summed E-state index contributed by atoms with van der Waals surface area (Å²) in [6.45, 7) is 8.28. The van der Waals surface area contributed by atoms with Gasteiger partial charge in [-0.3, -0.25) is 4.90 Å². The van der Waals surface area contributed by atoms with E-state index in [1.807, 2.05) is 39.0 Å². The highest BCUT2D eigenvalue weighted by atomic mass is 16.6. The van der Waals surface area contributed by atoms with Crippen LogP contribution in [-0.2, 0) is 11.3 Å². The number of hydrogen-bond donors (Lipinski definition) is 1. The second kappa shape index (κ2) is 4.91. The number of carbonyl (C=O) groups excluding carboxylic acids is 1. The maximum absolute atomic E-state index is 12.0. The van der Waals surface area contributed by atoms with Gasteiger partial charge in [0.2, 0.25) is 0 Å². The van der Waals surface area contributed by atoms with Crippen molar-refractivity contribution in [2.45, 2.75) is 38.5 Å². The first-order valence-corrected chi connectivity index (χ1v) is 7.33. The summed E-state index contributed by atoms with van der Waals surface area (Å²) >= 11 is 0. The Labute approximate surface area is 125 Å². The molecule has 1 aromatic carbocycles. The van der Waals surface area contributed by atoms with Gasteiger partial charge in [-0.2, -0.15) is 0 Å². The molecule has 0 radical (unpaired) electrons. The summed E-state index contributed by atoms with van der Waals surface area (Å²) in [7, 11) is 0. The van der Waals surface area contributed by atoms with E-state index < -0.39 is 5.60 Å². The van der Waals surface area contributed by atoms with E-state index in [1.165, 1.54) is 0 Å². The Bertz CT molecular complexity index is 545. The summed E-state index contributed by atoms with van der Waals surface area (Å²) < 4.78 is 11.6. The minimum atomic E-state index is -0.463. The zero-order chi connectivity index (χ0) is 15.1. The molecule has 1 aromatic rings. The predicted octanol–water partition coefficient (Wildman–Crippen LogP) is 2.16. The summed E-state index contributed by atoms with van der Waals surface area (Å²) in [5.74, 6) is 0.909. The van der Waals surface area contributed by atoms with Crippen LogP contribution in [0, 0.1) is 0 Å². The zero-order valence-electron chi connectivity index (χ0n) is 12.8. The van der Waals surface area contributed by atoms with Crippen LogP contribution in [0.25, 0.3) is 0 Å². The van der Waals surface area contributed by atoms with Crippen LogP contribution < -0.4 is 10.1 Å². The highest BCUT2D eigenvalue weighted by Crippen LogP contribution is 2.32. The molecule has 0 unspecified atom stereocenters. The molecule has 2 aliphatic heterocycles. The Kier molecular flexibility index (Phi) is 3.32. The van der Waals surface area contributed by atoms with Crippen molar-refractivity contribution in [3.63, 3.8) is 0 Å². The van der Waals surface area contributed by atoms with Crippen LogP contribution >= 0.6 is 0 Å². The third kappa shape index (κ3) is 2.97. The fraction of sp³-hybridized carbons (Fsp3) is 0.562. The minimum absolute atomic E-state index is 0.269. The van der Waals surface area contributed by atoms with Crippen molar-refractivity contribution < 1.29 is 14.3 Å². The van der Waals surface area contributed by atoms with E-state index >= 15 is 0 Å². The van der Waals surface area contributed by atoms with Gasteiger partial charge in [0.1, 0.15) is 11.4 Å². The lowest BCUT2D eigenvalue weighted by molar-refractivity contribution is -0.0779. The van der Waals surface area contributed by atoms with E-state index in [2.05, 4.69) is 11.4 Å². The van der Waals surface area contributed by atoms with Crippen LogP contribution in [0.3, 0.4) is 0 Å². The predicted molar refractivity (Wildman–Crippen MR) is 79.3 cm³/mol. The largest absolute Gasteiger partial charge is 0.482 e. The molecule has 5 nitrogen and oxygen atoms in total. The van der Waals surface area contributed by atoms with E-state index in [-0.39, 0.29) is 11.7 Å². The number of rotatable bonds is 0. The molecule has 5 heteroatoms. The standard InChI is InChI=1S/C16H22N2O3/c1-15(2,3)21-14(19)18-10-16(11-18)9-17-8-12-6-4-5-7-13(12)20-16/h4-7,17H,8-11H2,1-3H3. The van der Waals surface area contributed by atoms with Gasteiger partial charge in [0.15, 0.2) is 5.60 Å². The van der Waals surface area contributed by atoms with Gasteiger partial charge in [-0.1, -0.05) is 18.2 Å². The van der Waals surface area contributed by atoms with Crippen molar-refractivity contribution in [2.75, 3.05) is 19.6 Å². The Morgan fingerprint density at radius 1 is 1.33 bits per heavy atom. The first kappa shape index (κ1) is 14.2. The zero-order valence-corrected chi connectivity index (χ0v) is 12.8. The number of benzene rings is 1. The molecular formula is C16H22N2O3. The molecule has 21 heavy (non-hydrogen) atoms. The molecule has 0 aliphatic carbocycles. The van der Waals surface area contributed by atoms with Crippen LogP contribution in [0.4, 0.5) is 4.79 Å². The van der Waals surface area contributed by atoms with Crippen LogP contribution in [-0.4, -0.2) is 41.8 Å². The molecule has 2 heterocycles. The Balaban J connectivity index is 1.66. The van der Waals surface area contributed by atoms with Gasteiger partial charge in [-0.15, -0.1) is 0 Å². The van der Waals surface area contributed by atoms with Gasteiger partial charge in [-0.05, 0) is 26.8 Å². The fourth-order valence-electron chi connectivity index (χ4n) is 2.73. The van der Waals surface area contributed by atoms with Gasteiger partial charge < -0.3 is 14.8 Å². The van der Waals surface area contributed by atoms with Crippen molar-refractivity contribution in [1.29, 1.82) is 0 Å². The Morgan fingerprint density at radius 2 is 2.05 bits per heavy atom. The van der Waals surface area contributed by atoms with Crippen LogP contribution in [0.5, 0.6) is 5.75 Å². The molecule has 1 saturated heterocycles. The molecule has 2 aliphatic rings. The average molecular weight is 290 g/mol. The number of nitrogens with one attached hydrogen (secondary N) is 1. The molecule has 114 valence electrons. The summed E-state index contributed by atoms with van der Waals surface area (Å²) in [4.78, 5) is 13.7. The summed E-state index contributed by atoms with van der Waals surface area (Å²) in [6, 6.07) is 8.03. The number of hydrogen-bond acceptors (Lipinski definition) is 4. The van der Waals surface area contributed by atoms with Crippen LogP contribution in [0.2, 0.25) is 0 Å². The molecule has 0 bridgehead atoms. The fourth-order valence-corrected chi connectivity index (χ4v) is 2.73. The van der Waals surface area contributed by atoms with Gasteiger partial charge in [0.05, 0.1) is 13.1 Å². The number of likely N-dealkylation sites (tertiary alicyclic amines) is 1. The van der Waals surface area contributed by atoms with Crippen molar-refractivity contribution >= 4 is 6.09 Å². The highest BCUT2D eigenvalue weighted by molar-refractivity contribution is 5.69. The molecule has 0 aromatic heterocycles. The summed E-state index contributed by atoms with van der Waals surface area (Å²) in [5.41, 5.74) is 0.364. The molecule has 1 fully saturated rings. The maximum Gasteiger partial charge on any atom is 0.410 e. The van der Waals surface area contributed by atoms with Crippen LogP contribution in [0.15, 0.2) is 24.3 Å². The number of nitrogens with zero attached hydrogens (tertiary/aromatic N) is 1. The van der Waals surface area contributed by atoms with E-state index in [0.717, 1.165) is 24.4 Å². The van der Waals surface area contributed by atoms with Crippen molar-refractivity contribution in [2.24, 2.45) is 0 Å². The average Bonchev–Trinajstić information content (AvgIpc) is 2.53. The molecule has 0 atom stereocenters. The van der Waals surface area contributed by atoms with E-state index in [9.17, 15) is 4.79 Å². The number of amides is 1. The Morgan fingerprint density at radius 3 is 2.76 bits per heavy atom. The first-order chi connectivity index (χ1) is 9.87. The molecule has 1 spiro atoms. The number of carbonyl (C=O) groups is 1. The third-order valence-corrected chi connectivity index (χ3v) is 3.67. The molecule has 0 saturated carbocycles. The SMILES string of the molecule is CC(C)(C)OC(=O)N1CC2(CNCc3ccccc3O2)C1. The van der Waals surface area contributed by atoms with E-state index in [0.29, 0.717) is 13.1 Å². The van der Waals surface area contributed by atoms with Crippen LogP contribution in [0.1, 0.15) is 26.3 Å². The Hall–Kier alpha value is -1.75. The number of ether oxygens (including phenoxy) is 2. The maximum atomic E-state index is 12.0. The van der Waals surface area contributed by atoms with Crippen molar-refractivity contribution in [3.8, 4) is 5.75 Å². The quantitative estimate of drug-likeness (QED) is 0.795. The number of para-hydroxylation sites is 1. The smallest absolute Gasteiger partial charge is 0.410 e. The van der Waals surface area contributed by atoms with E-state index in [4.69, 9.17) is 9.47 Å². The van der Waals surface area contributed by atoms with Gasteiger partial charge in [0.25, 0.3) is 0 Å². The van der Waals surface area contributed by atoms with Crippen molar-refractivity contribution in [1.82, 2.24) is 10.2 Å². The third-order valence-electron chi connectivity index (χ3n) is 3.67. The monoisotopic (exact) mass is 290 g/mol. The first-order valence-electron chi connectivity index (χ1n) is 7.33. The highest BCUT2D eigenvalue weighted by Gasteiger charge is 2.49. The molecule has 1 amide bonds. The summed E-state index contributed by atoms with van der Waals surface area (Å²) in [5, 5.41) is 3.40. The lowest BCUT2D eigenvalue weighted by atomic mass is 9.94. The lowest BCUT2D eigenvalue weighted by Crippen LogP contribution is -2.70. The summed E-state index contributed by atoms with van der Waals surface area (Å²) in [6.07, 6.45) is -0.269. The second-order valence-corrected chi connectivity index (χ2v) is 6.83. The normalized spacial score (nSPS) is 20.0. The van der Waals surface area contributed by atoms with Gasteiger partial charge >= 0.3 is 6.09 Å². The minimum Gasteiger partial charge on any atom is -0.482 e. The van der Waals surface area contributed by atoms with Crippen molar-refractivity contribution in [3.05, 3.63) is 29.8 Å².